The third-order valence-corrected chi connectivity index (χ3v) is 7.97. The van der Waals surface area contributed by atoms with Crippen molar-refractivity contribution in [2.24, 2.45) is 11.8 Å². The predicted octanol–water partition coefficient (Wildman–Crippen LogP) is 3.80. The molecular weight excluding hydrogens is 568 g/mol. The number of aliphatic hydroxyl groups is 3. The van der Waals surface area contributed by atoms with Gasteiger partial charge in [0.15, 0.2) is 0 Å². The fourth-order valence-corrected chi connectivity index (χ4v) is 5.58. The number of allylic oxidation sites excluding steroid dienone is 2. The van der Waals surface area contributed by atoms with Gasteiger partial charge in [-0.25, -0.2) is 0 Å². The summed E-state index contributed by atoms with van der Waals surface area (Å²) in [5.74, 6) is -1.01. The first kappa shape index (κ1) is 34.7. The van der Waals surface area contributed by atoms with Crippen molar-refractivity contribution >= 4 is 11.9 Å². The lowest BCUT2D eigenvalue weighted by atomic mass is 9.85. The number of carbonyl (C=O) groups is 2. The lowest BCUT2D eigenvalue weighted by molar-refractivity contribution is -0.763. The summed E-state index contributed by atoms with van der Waals surface area (Å²) in [6.07, 6.45) is 7.47. The Bertz CT molecular complexity index is 1210. The first-order valence-electron chi connectivity index (χ1n) is 15.2. The molecule has 5 atom stereocenters. The molecule has 1 aliphatic rings. The standard InChI is InChI=1S/C33H44N2O9/c36-27(16-15-24-9-4-3-5-10-24)17-18-29-28(30(37)20-31(29)38)13-6-1-2-7-14-32(39)34-21-33(40)43-22-25-11-8-12-26(19-25)23-44-35(41)42/h1,3-6,8-12,19,27-31,36-38H,2,7,13-18,20-23H2,(H,34,39)/b6-1-/t27-,28+,29+,30-,31+/m0/s1. The molecule has 0 aliphatic heterocycles. The van der Waals surface area contributed by atoms with E-state index >= 15 is 0 Å². The number of rotatable bonds is 19. The van der Waals surface area contributed by atoms with Crippen molar-refractivity contribution in [1.29, 1.82) is 0 Å². The first-order chi connectivity index (χ1) is 21.2. The molecule has 3 rings (SSSR count). The predicted molar refractivity (Wildman–Crippen MR) is 162 cm³/mol. The van der Waals surface area contributed by atoms with E-state index in [1.54, 1.807) is 24.3 Å². The molecule has 4 N–H and O–H groups in total. The van der Waals surface area contributed by atoms with Crippen LogP contribution in [0.5, 0.6) is 0 Å². The Morgan fingerprint density at radius 1 is 0.977 bits per heavy atom. The van der Waals surface area contributed by atoms with Gasteiger partial charge in [0.2, 0.25) is 5.91 Å². The summed E-state index contributed by atoms with van der Waals surface area (Å²) in [5.41, 5.74) is 2.40. The van der Waals surface area contributed by atoms with Crippen molar-refractivity contribution in [3.63, 3.8) is 0 Å². The van der Waals surface area contributed by atoms with Crippen molar-refractivity contribution in [2.45, 2.75) is 89.3 Å². The van der Waals surface area contributed by atoms with Gasteiger partial charge in [-0.1, -0.05) is 66.7 Å². The maximum absolute atomic E-state index is 12.1. The molecule has 0 aromatic heterocycles. The van der Waals surface area contributed by atoms with E-state index in [4.69, 9.17) is 4.74 Å². The number of esters is 1. The number of aryl methyl sites for hydroxylation is 1. The zero-order valence-electron chi connectivity index (χ0n) is 25.0. The van der Waals surface area contributed by atoms with Crippen LogP contribution in [0.4, 0.5) is 0 Å². The molecule has 0 radical (unpaired) electrons. The lowest BCUT2D eigenvalue weighted by Crippen LogP contribution is -2.30. The van der Waals surface area contributed by atoms with Gasteiger partial charge in [-0.15, -0.1) is 10.1 Å². The summed E-state index contributed by atoms with van der Waals surface area (Å²) in [6.45, 7) is -0.496. The Hall–Kier alpha value is -3.80. The molecule has 0 spiro atoms. The Kier molecular flexibility index (Phi) is 14.8. The second-order valence-corrected chi connectivity index (χ2v) is 11.3. The fraction of sp³-hybridized carbons (Fsp3) is 0.515. The SMILES string of the molecule is O=C(CCC/C=C\C[C@@H]1[C@@H](CC[C@@H](O)CCc2ccccc2)[C@H](O)C[C@@H]1O)NCC(=O)OCc1cccc(CO[N+](=O)[O-])c1. The molecule has 0 heterocycles. The molecule has 1 amide bonds. The van der Waals surface area contributed by atoms with E-state index in [2.05, 4.69) is 10.2 Å². The molecule has 1 saturated carbocycles. The van der Waals surface area contributed by atoms with Crippen LogP contribution in [-0.2, 0) is 38.8 Å². The summed E-state index contributed by atoms with van der Waals surface area (Å²) >= 11 is 0. The van der Waals surface area contributed by atoms with Crippen LogP contribution in [0.1, 0.15) is 68.1 Å². The molecule has 44 heavy (non-hydrogen) atoms. The summed E-state index contributed by atoms with van der Waals surface area (Å²) < 4.78 is 5.16. The zero-order valence-corrected chi connectivity index (χ0v) is 25.0. The van der Waals surface area contributed by atoms with Gasteiger partial charge < -0.3 is 30.2 Å². The minimum atomic E-state index is -0.876. The van der Waals surface area contributed by atoms with Crippen molar-refractivity contribution in [2.75, 3.05) is 6.54 Å². The lowest BCUT2D eigenvalue weighted by Gasteiger charge is -2.23. The molecule has 0 bridgehead atoms. The van der Waals surface area contributed by atoms with Crippen LogP contribution >= 0.6 is 0 Å². The average molecular weight is 613 g/mol. The van der Waals surface area contributed by atoms with Crippen molar-refractivity contribution in [3.8, 4) is 0 Å². The second-order valence-electron chi connectivity index (χ2n) is 11.3. The van der Waals surface area contributed by atoms with Gasteiger partial charge in [0, 0.05) is 6.42 Å². The van der Waals surface area contributed by atoms with E-state index in [-0.39, 0.29) is 43.9 Å². The smallest absolute Gasteiger partial charge is 0.325 e. The van der Waals surface area contributed by atoms with Crippen molar-refractivity contribution in [1.82, 2.24) is 5.32 Å². The van der Waals surface area contributed by atoms with Gasteiger partial charge >= 0.3 is 5.97 Å². The summed E-state index contributed by atoms with van der Waals surface area (Å²) in [6, 6.07) is 16.7. The highest BCUT2D eigenvalue weighted by molar-refractivity contribution is 5.81. The number of hydrogen-bond acceptors (Lipinski definition) is 9. The van der Waals surface area contributed by atoms with E-state index in [0.717, 1.165) is 6.42 Å². The minimum Gasteiger partial charge on any atom is -0.460 e. The van der Waals surface area contributed by atoms with E-state index in [1.807, 2.05) is 42.5 Å². The summed E-state index contributed by atoms with van der Waals surface area (Å²) in [5, 5.41) is 43.5. The molecule has 0 unspecified atom stereocenters. The van der Waals surface area contributed by atoms with Crippen LogP contribution in [0.3, 0.4) is 0 Å². The Balaban J connectivity index is 1.27. The Morgan fingerprint density at radius 2 is 1.68 bits per heavy atom. The molecule has 11 nitrogen and oxygen atoms in total. The van der Waals surface area contributed by atoms with Gasteiger partial charge in [-0.3, -0.25) is 9.59 Å². The normalized spacial score (nSPS) is 20.3. The molecule has 2 aromatic carbocycles. The number of hydrogen-bond donors (Lipinski definition) is 4. The zero-order chi connectivity index (χ0) is 31.7. The summed E-state index contributed by atoms with van der Waals surface area (Å²) in [7, 11) is 0. The van der Waals surface area contributed by atoms with E-state index in [9.17, 15) is 35.0 Å². The molecule has 1 fully saturated rings. The molecule has 11 heteroatoms. The van der Waals surface area contributed by atoms with E-state index < -0.39 is 29.4 Å². The summed E-state index contributed by atoms with van der Waals surface area (Å²) in [4.78, 5) is 38.8. The second kappa shape index (κ2) is 18.8. The minimum absolute atomic E-state index is 0.0335. The molecule has 2 aromatic rings. The Morgan fingerprint density at radius 3 is 2.43 bits per heavy atom. The molecule has 240 valence electrons. The van der Waals surface area contributed by atoms with Gasteiger partial charge in [0.1, 0.15) is 19.8 Å². The number of aliphatic hydroxyl groups excluding tert-OH is 3. The fourth-order valence-electron chi connectivity index (χ4n) is 5.58. The third-order valence-electron chi connectivity index (χ3n) is 7.97. The van der Waals surface area contributed by atoms with Crippen molar-refractivity contribution < 1.29 is 39.6 Å². The maximum atomic E-state index is 12.1. The van der Waals surface area contributed by atoms with Gasteiger partial charge in [0.25, 0.3) is 5.09 Å². The monoisotopic (exact) mass is 612 g/mol. The van der Waals surface area contributed by atoms with Gasteiger partial charge in [-0.2, -0.15) is 0 Å². The molecule has 0 saturated heterocycles. The van der Waals surface area contributed by atoms with Crippen LogP contribution in [0.25, 0.3) is 0 Å². The number of nitrogens with zero attached hydrogens (tertiary/aromatic N) is 1. The highest BCUT2D eigenvalue weighted by Gasteiger charge is 2.40. The van der Waals surface area contributed by atoms with Crippen molar-refractivity contribution in [3.05, 3.63) is 93.6 Å². The largest absolute Gasteiger partial charge is 0.460 e. The number of unbranched alkanes of at least 4 members (excludes halogenated alkanes) is 1. The maximum Gasteiger partial charge on any atom is 0.325 e. The van der Waals surface area contributed by atoms with Crippen LogP contribution in [-0.4, -0.2) is 57.1 Å². The highest BCUT2D eigenvalue weighted by atomic mass is 16.9. The van der Waals surface area contributed by atoms with Gasteiger partial charge in [0.05, 0.1) is 18.3 Å². The number of ether oxygens (including phenoxy) is 1. The van der Waals surface area contributed by atoms with Crippen LogP contribution in [0.2, 0.25) is 0 Å². The van der Waals surface area contributed by atoms with Crippen LogP contribution < -0.4 is 5.32 Å². The average Bonchev–Trinajstić information content (AvgIpc) is 3.29. The number of nitrogens with one attached hydrogen (secondary N) is 1. The molecule has 1 aliphatic carbocycles. The molecular formula is C33H44N2O9. The van der Waals surface area contributed by atoms with E-state index in [0.29, 0.717) is 56.1 Å². The van der Waals surface area contributed by atoms with Crippen LogP contribution in [0, 0.1) is 22.0 Å². The van der Waals surface area contributed by atoms with Crippen LogP contribution in [0.15, 0.2) is 66.7 Å². The Labute approximate surface area is 258 Å². The van der Waals surface area contributed by atoms with E-state index in [1.165, 1.54) is 5.56 Å². The first-order valence-corrected chi connectivity index (χ1v) is 15.2. The number of carbonyl (C=O) groups excluding carboxylic acids is 2. The number of amides is 1. The topological polar surface area (TPSA) is 168 Å². The number of benzene rings is 2. The highest BCUT2D eigenvalue weighted by Crippen LogP contribution is 2.38. The third kappa shape index (κ3) is 12.8. The van der Waals surface area contributed by atoms with Gasteiger partial charge in [-0.05, 0) is 79.9 Å². The quantitative estimate of drug-likeness (QED) is 0.0606.